The highest BCUT2D eigenvalue weighted by Gasteiger charge is 2.49. The Morgan fingerprint density at radius 3 is 2.87 bits per heavy atom. The smallest absolute Gasteiger partial charge is 0.319 e. The maximum atomic E-state index is 17.0. The third kappa shape index (κ3) is 4.46. The number of aliphatic hydroxyl groups excluding tert-OH is 1. The summed E-state index contributed by atoms with van der Waals surface area (Å²) in [7, 11) is 0. The second kappa shape index (κ2) is 10.4. The Balaban J connectivity index is 1.29. The van der Waals surface area contributed by atoms with Gasteiger partial charge in [-0.1, -0.05) is 6.07 Å². The summed E-state index contributed by atoms with van der Waals surface area (Å²) in [4.78, 5) is 13.7. The topological polar surface area (TPSA) is 112 Å². The normalized spacial score (nSPS) is 27.9. The highest BCUT2D eigenvalue weighted by atomic mass is 32.1. The van der Waals surface area contributed by atoms with Gasteiger partial charge in [0.1, 0.15) is 41.0 Å². The first-order valence-corrected chi connectivity index (χ1v) is 16.3. The molecule has 2 bridgehead atoms. The molecule has 8 nitrogen and oxygen atoms in total. The molecule has 4 aromatic rings. The molecule has 8 rings (SSSR count). The average molecular weight is 635 g/mol. The molecule has 0 amide bonds. The van der Waals surface area contributed by atoms with E-state index in [1.807, 2.05) is 6.07 Å². The fraction of sp³-hybridized carbons (Fsp3) is 0.485. The highest BCUT2D eigenvalue weighted by molar-refractivity contribution is 7.23. The lowest BCUT2D eigenvalue weighted by atomic mass is 9.93. The van der Waals surface area contributed by atoms with E-state index in [2.05, 4.69) is 20.9 Å². The minimum absolute atomic E-state index is 0.00921. The Morgan fingerprint density at radius 1 is 1.22 bits per heavy atom. The predicted octanol–water partition coefficient (Wildman–Crippen LogP) is 5.71. The van der Waals surface area contributed by atoms with E-state index in [1.54, 1.807) is 6.92 Å². The van der Waals surface area contributed by atoms with Crippen molar-refractivity contribution in [3.63, 3.8) is 0 Å². The van der Waals surface area contributed by atoms with Gasteiger partial charge in [0.15, 0.2) is 5.82 Å². The SMILES string of the molecule is Cc1cc2c(N3C[C@H]4C[C@@H](C3)[C@H](O)C4)nc(OC[C@@]34CCCN3C[C@H](F)C4)nc2c(F)c1-c1ccc(F)c2sc(N)c(C#N)c12. The van der Waals surface area contributed by atoms with Gasteiger partial charge in [-0.2, -0.15) is 15.2 Å². The molecule has 0 radical (unpaired) electrons. The van der Waals surface area contributed by atoms with Crippen molar-refractivity contribution in [1.82, 2.24) is 14.9 Å². The summed E-state index contributed by atoms with van der Waals surface area (Å²) in [6.45, 7) is 4.40. The van der Waals surface area contributed by atoms with E-state index in [9.17, 15) is 19.1 Å². The molecule has 45 heavy (non-hydrogen) atoms. The van der Waals surface area contributed by atoms with Gasteiger partial charge in [-0.3, -0.25) is 4.90 Å². The summed E-state index contributed by atoms with van der Waals surface area (Å²) >= 11 is 0.964. The van der Waals surface area contributed by atoms with Crippen LogP contribution in [-0.2, 0) is 0 Å². The number of aryl methyl sites for hydroxylation is 1. The number of thiophene rings is 1. The zero-order chi connectivity index (χ0) is 31.2. The maximum Gasteiger partial charge on any atom is 0.319 e. The van der Waals surface area contributed by atoms with Gasteiger partial charge in [-0.15, -0.1) is 11.3 Å². The number of anilines is 2. The number of benzene rings is 2. The second-order valence-corrected chi connectivity index (χ2v) is 14.3. The average Bonchev–Trinajstić information content (AvgIpc) is 3.72. The molecular weight excluding hydrogens is 601 g/mol. The molecule has 0 spiro atoms. The third-order valence-electron chi connectivity index (χ3n) is 10.5. The number of nitrogens with two attached hydrogens (primary N) is 1. The quantitative estimate of drug-likeness (QED) is 0.287. The largest absolute Gasteiger partial charge is 0.461 e. The highest BCUT2D eigenvalue weighted by Crippen LogP contribution is 2.46. The van der Waals surface area contributed by atoms with Crippen LogP contribution < -0.4 is 15.4 Å². The number of aromatic nitrogens is 2. The molecule has 1 saturated carbocycles. The lowest BCUT2D eigenvalue weighted by Gasteiger charge is -2.34. The minimum Gasteiger partial charge on any atom is -0.461 e. The number of hydrogen-bond acceptors (Lipinski definition) is 9. The van der Waals surface area contributed by atoms with Crippen molar-refractivity contribution in [1.29, 1.82) is 5.26 Å². The van der Waals surface area contributed by atoms with Gasteiger partial charge in [-0.25, -0.2) is 13.2 Å². The number of hydrogen-bond donors (Lipinski definition) is 2. The van der Waals surface area contributed by atoms with E-state index in [-0.39, 0.29) is 56.4 Å². The van der Waals surface area contributed by atoms with Gasteiger partial charge >= 0.3 is 6.01 Å². The van der Waals surface area contributed by atoms with Crippen LogP contribution in [-0.4, -0.2) is 70.6 Å². The number of fused-ring (bicyclic) bond motifs is 5. The van der Waals surface area contributed by atoms with Crippen molar-refractivity contribution in [3.8, 4) is 23.2 Å². The standard InChI is InChI=1S/C33H33F3N6O2S/c1-16-7-21-28(27(36)25(16)20-3-4-23(35)29-26(20)22(11-37)30(38)45-29)39-32(44-15-33-5-2-6-42(33)14-19(34)10-33)40-31(21)41-12-17-8-18(13-41)24(43)9-17/h3-4,7,17-19,24,43H,2,5-6,8-10,12-15,38H2,1H3/t17-,18-,19+,24+,33-/m0/s1. The van der Waals surface area contributed by atoms with Crippen LogP contribution in [0.25, 0.3) is 32.1 Å². The fourth-order valence-electron chi connectivity index (χ4n) is 8.51. The number of aliphatic hydroxyl groups is 1. The molecule has 12 heteroatoms. The first kappa shape index (κ1) is 28.8. The zero-order valence-corrected chi connectivity index (χ0v) is 25.6. The van der Waals surface area contributed by atoms with Crippen LogP contribution in [0.3, 0.4) is 0 Å². The Labute approximate surface area is 262 Å². The number of halogens is 3. The Kier molecular flexibility index (Phi) is 6.68. The fourth-order valence-corrected chi connectivity index (χ4v) is 9.46. The summed E-state index contributed by atoms with van der Waals surface area (Å²) < 4.78 is 52.8. The molecule has 1 aliphatic carbocycles. The van der Waals surface area contributed by atoms with Crippen LogP contribution in [0.4, 0.5) is 24.0 Å². The number of ether oxygens (including phenoxy) is 1. The molecule has 5 atom stereocenters. The summed E-state index contributed by atoms with van der Waals surface area (Å²) in [5.41, 5.74) is 6.93. The Morgan fingerprint density at radius 2 is 2.07 bits per heavy atom. The van der Waals surface area contributed by atoms with E-state index in [0.717, 1.165) is 43.6 Å². The van der Waals surface area contributed by atoms with Crippen LogP contribution in [0, 0.1) is 41.7 Å². The predicted molar refractivity (Wildman–Crippen MR) is 167 cm³/mol. The van der Waals surface area contributed by atoms with Crippen molar-refractivity contribution < 1.29 is 23.0 Å². The van der Waals surface area contributed by atoms with E-state index >= 15 is 4.39 Å². The molecule has 5 heterocycles. The Bertz CT molecular complexity index is 1910. The number of piperidine rings is 1. The van der Waals surface area contributed by atoms with E-state index in [4.69, 9.17) is 15.5 Å². The first-order valence-electron chi connectivity index (χ1n) is 15.5. The first-order chi connectivity index (χ1) is 21.7. The van der Waals surface area contributed by atoms with Crippen LogP contribution in [0.15, 0.2) is 18.2 Å². The van der Waals surface area contributed by atoms with Crippen molar-refractivity contribution in [2.45, 2.75) is 56.8 Å². The molecule has 2 aromatic carbocycles. The summed E-state index contributed by atoms with van der Waals surface area (Å²) in [5, 5.41) is 21.4. The van der Waals surface area contributed by atoms with Crippen LogP contribution in [0.5, 0.6) is 6.01 Å². The maximum absolute atomic E-state index is 17.0. The third-order valence-corrected chi connectivity index (χ3v) is 11.5. The summed E-state index contributed by atoms with van der Waals surface area (Å²) in [5.74, 6) is -0.244. The molecule has 2 aromatic heterocycles. The van der Waals surface area contributed by atoms with Gasteiger partial charge in [0.2, 0.25) is 0 Å². The van der Waals surface area contributed by atoms with Crippen LogP contribution in [0.1, 0.15) is 43.2 Å². The van der Waals surface area contributed by atoms with E-state index in [1.165, 1.54) is 12.1 Å². The summed E-state index contributed by atoms with van der Waals surface area (Å²) in [6.07, 6.45) is 2.51. The molecule has 3 aliphatic heterocycles. The lowest BCUT2D eigenvalue weighted by molar-refractivity contribution is 0.107. The minimum atomic E-state index is -0.919. The van der Waals surface area contributed by atoms with Crippen LogP contribution >= 0.6 is 11.3 Å². The Hall–Kier alpha value is -3.66. The second-order valence-electron chi connectivity index (χ2n) is 13.3. The van der Waals surface area contributed by atoms with Crippen molar-refractivity contribution >= 4 is 43.1 Å². The number of alkyl halides is 1. The van der Waals surface area contributed by atoms with Crippen molar-refractivity contribution in [2.75, 3.05) is 43.4 Å². The molecule has 3 saturated heterocycles. The van der Waals surface area contributed by atoms with Gasteiger partial charge in [-0.05, 0) is 68.3 Å². The number of nitrogens with zero attached hydrogens (tertiary/aromatic N) is 5. The number of rotatable bonds is 5. The van der Waals surface area contributed by atoms with Crippen molar-refractivity contribution in [3.05, 3.63) is 41.0 Å². The van der Waals surface area contributed by atoms with Crippen molar-refractivity contribution in [2.24, 2.45) is 11.8 Å². The van der Waals surface area contributed by atoms with Crippen LogP contribution in [0.2, 0.25) is 0 Å². The van der Waals surface area contributed by atoms with E-state index < -0.39 is 23.3 Å². The monoisotopic (exact) mass is 634 g/mol. The number of nitriles is 1. The molecular formula is C33H33F3N6O2S. The molecule has 4 fully saturated rings. The van der Waals surface area contributed by atoms with E-state index in [0.29, 0.717) is 54.3 Å². The van der Waals surface area contributed by atoms with Gasteiger partial charge in [0.05, 0.1) is 21.9 Å². The zero-order valence-electron chi connectivity index (χ0n) is 24.8. The van der Waals surface area contributed by atoms with Gasteiger partial charge in [0, 0.05) is 48.3 Å². The van der Waals surface area contributed by atoms with Gasteiger partial charge in [0.25, 0.3) is 0 Å². The number of nitrogen functional groups attached to an aromatic ring is 1. The molecule has 234 valence electrons. The van der Waals surface area contributed by atoms with Gasteiger partial charge < -0.3 is 20.5 Å². The molecule has 3 N–H and O–H groups in total. The molecule has 4 aliphatic rings. The summed E-state index contributed by atoms with van der Waals surface area (Å²) in [6, 6.07) is 6.65. The lowest BCUT2D eigenvalue weighted by Crippen LogP contribution is -2.43. The molecule has 0 unspecified atom stereocenters.